The van der Waals surface area contributed by atoms with Crippen LogP contribution in [0.4, 0.5) is 20.6 Å². The summed E-state index contributed by atoms with van der Waals surface area (Å²) in [6.07, 6.45) is 0. The van der Waals surface area contributed by atoms with Crippen LogP contribution in [0.2, 0.25) is 0 Å². The Morgan fingerprint density at radius 1 is 0.743 bits per heavy atom. The van der Waals surface area contributed by atoms with Gasteiger partial charge in [-0.1, -0.05) is 72.8 Å². The molecular formula is C27H23FN4O2S. The van der Waals surface area contributed by atoms with Crippen LogP contribution in [-0.4, -0.2) is 16.2 Å². The van der Waals surface area contributed by atoms with Crippen LogP contribution in [0, 0.1) is 5.41 Å². The van der Waals surface area contributed by atoms with Crippen LogP contribution in [-0.2, 0) is 11.0 Å². The van der Waals surface area contributed by atoms with Crippen molar-refractivity contribution in [2.24, 2.45) is 0 Å². The SMILES string of the molecule is N=C(F)c1cccc(NC(=O)Nc2ccc(S(=O)NC(c3ccccc3)c3ccccc3)cc2)c1. The summed E-state index contributed by atoms with van der Waals surface area (Å²) < 4.78 is 29.4. The van der Waals surface area contributed by atoms with Gasteiger partial charge in [0.25, 0.3) is 0 Å². The molecule has 0 aliphatic carbocycles. The van der Waals surface area contributed by atoms with Gasteiger partial charge in [-0.2, -0.15) is 4.39 Å². The molecule has 0 aromatic heterocycles. The minimum absolute atomic E-state index is 0.0754. The van der Waals surface area contributed by atoms with Gasteiger partial charge < -0.3 is 10.6 Å². The molecule has 4 aromatic carbocycles. The first-order valence-corrected chi connectivity index (χ1v) is 11.9. The Labute approximate surface area is 205 Å². The van der Waals surface area contributed by atoms with Crippen LogP contribution in [0.15, 0.2) is 114 Å². The number of anilines is 2. The minimum Gasteiger partial charge on any atom is -0.308 e. The van der Waals surface area contributed by atoms with Gasteiger partial charge in [-0.15, -0.1) is 0 Å². The molecule has 35 heavy (non-hydrogen) atoms. The summed E-state index contributed by atoms with van der Waals surface area (Å²) in [5.41, 5.74) is 2.92. The summed E-state index contributed by atoms with van der Waals surface area (Å²) in [6.45, 7) is 0. The fourth-order valence-corrected chi connectivity index (χ4v) is 4.49. The summed E-state index contributed by atoms with van der Waals surface area (Å²) in [7, 11) is -1.51. The van der Waals surface area contributed by atoms with Crippen molar-refractivity contribution >= 4 is 34.4 Å². The third-order valence-electron chi connectivity index (χ3n) is 5.19. The molecule has 0 heterocycles. The van der Waals surface area contributed by atoms with Crippen molar-refractivity contribution in [3.05, 3.63) is 126 Å². The highest BCUT2D eigenvalue weighted by Gasteiger charge is 2.17. The number of hydrogen-bond acceptors (Lipinski definition) is 3. The molecule has 4 N–H and O–H groups in total. The molecule has 0 spiro atoms. The summed E-state index contributed by atoms with van der Waals surface area (Å²) in [5, 5.41) is 12.3. The fraction of sp³-hybridized carbons (Fsp3) is 0.0370. The Morgan fingerprint density at radius 2 is 1.31 bits per heavy atom. The van der Waals surface area contributed by atoms with Crippen LogP contribution >= 0.6 is 0 Å². The maximum atomic E-state index is 13.1. The largest absolute Gasteiger partial charge is 0.323 e. The van der Waals surface area contributed by atoms with Gasteiger partial charge in [0.15, 0.2) is 0 Å². The van der Waals surface area contributed by atoms with Crippen LogP contribution < -0.4 is 15.4 Å². The van der Waals surface area contributed by atoms with Crippen molar-refractivity contribution < 1.29 is 13.4 Å². The fourth-order valence-electron chi connectivity index (χ4n) is 3.48. The molecule has 0 aliphatic rings. The monoisotopic (exact) mass is 486 g/mol. The highest BCUT2D eigenvalue weighted by Crippen LogP contribution is 2.24. The van der Waals surface area contributed by atoms with E-state index in [-0.39, 0.29) is 11.6 Å². The Morgan fingerprint density at radius 3 is 1.89 bits per heavy atom. The van der Waals surface area contributed by atoms with E-state index in [1.165, 1.54) is 12.1 Å². The van der Waals surface area contributed by atoms with Crippen molar-refractivity contribution in [1.82, 2.24) is 4.72 Å². The highest BCUT2D eigenvalue weighted by atomic mass is 32.2. The quantitative estimate of drug-likeness (QED) is 0.229. The summed E-state index contributed by atoms with van der Waals surface area (Å²) in [6, 6.07) is 31.4. The molecule has 8 heteroatoms. The zero-order valence-electron chi connectivity index (χ0n) is 18.6. The van der Waals surface area contributed by atoms with Gasteiger partial charge in [0, 0.05) is 16.9 Å². The molecule has 2 amide bonds. The van der Waals surface area contributed by atoms with Crippen molar-refractivity contribution in [2.45, 2.75) is 10.9 Å². The van der Waals surface area contributed by atoms with Gasteiger partial charge in [0.1, 0.15) is 11.0 Å². The molecule has 4 aromatic rings. The van der Waals surface area contributed by atoms with Crippen LogP contribution in [0.3, 0.4) is 0 Å². The smallest absolute Gasteiger partial charge is 0.308 e. The van der Waals surface area contributed by atoms with Crippen molar-refractivity contribution in [2.75, 3.05) is 10.6 Å². The lowest BCUT2D eigenvalue weighted by Crippen LogP contribution is -2.25. The van der Waals surface area contributed by atoms with E-state index in [0.717, 1.165) is 11.1 Å². The second-order valence-electron chi connectivity index (χ2n) is 7.64. The van der Waals surface area contributed by atoms with Crippen LogP contribution in [0.25, 0.3) is 0 Å². The van der Waals surface area contributed by atoms with Gasteiger partial charge in [-0.05, 0) is 47.5 Å². The lowest BCUT2D eigenvalue weighted by molar-refractivity contribution is 0.262. The predicted molar refractivity (Wildman–Crippen MR) is 138 cm³/mol. The standard InChI is InChI=1S/C27H23FN4O2S/c28-26(29)21-12-7-13-23(18-21)31-27(33)30-22-14-16-24(17-15-22)35(34)32-25(19-8-3-1-4-9-19)20-10-5-2-6-11-20/h1-18,25,29,32H,(H2,30,31,33). The molecule has 6 nitrogen and oxygen atoms in total. The zero-order chi connectivity index (χ0) is 24.6. The minimum atomic E-state index is -1.51. The lowest BCUT2D eigenvalue weighted by atomic mass is 10.00. The van der Waals surface area contributed by atoms with E-state index in [1.54, 1.807) is 36.4 Å². The van der Waals surface area contributed by atoms with E-state index in [1.807, 2.05) is 60.7 Å². The predicted octanol–water partition coefficient (Wildman–Crippen LogP) is 6.03. The summed E-state index contributed by atoms with van der Waals surface area (Å²) in [5.74, 6) is -1.08. The van der Waals surface area contributed by atoms with E-state index < -0.39 is 23.0 Å². The Hall–Kier alpha value is -4.14. The maximum Gasteiger partial charge on any atom is 0.323 e. The molecule has 1 unspecified atom stereocenters. The number of amides is 2. The average Bonchev–Trinajstić information content (AvgIpc) is 2.88. The van der Waals surface area contributed by atoms with E-state index >= 15 is 0 Å². The summed E-state index contributed by atoms with van der Waals surface area (Å²) in [4.78, 5) is 12.9. The molecule has 0 fully saturated rings. The van der Waals surface area contributed by atoms with Crippen LogP contribution in [0.1, 0.15) is 22.7 Å². The topological polar surface area (TPSA) is 94.1 Å². The van der Waals surface area contributed by atoms with Crippen molar-refractivity contribution in [3.63, 3.8) is 0 Å². The molecule has 0 saturated heterocycles. The summed E-state index contributed by atoms with van der Waals surface area (Å²) >= 11 is 0. The van der Waals surface area contributed by atoms with Crippen LogP contribution in [0.5, 0.6) is 0 Å². The second kappa shape index (κ2) is 11.3. The molecule has 0 bridgehead atoms. The third kappa shape index (κ3) is 6.47. The first kappa shape index (κ1) is 24.0. The Kier molecular flexibility index (Phi) is 7.77. The van der Waals surface area contributed by atoms with Gasteiger partial charge in [-0.25, -0.2) is 13.7 Å². The first-order chi connectivity index (χ1) is 17.0. The van der Waals surface area contributed by atoms with Gasteiger partial charge in [0.05, 0.1) is 10.9 Å². The van der Waals surface area contributed by atoms with E-state index in [0.29, 0.717) is 16.3 Å². The first-order valence-electron chi connectivity index (χ1n) is 10.8. The van der Waals surface area contributed by atoms with Gasteiger partial charge >= 0.3 is 6.03 Å². The molecule has 0 radical (unpaired) electrons. The number of halogens is 1. The number of benzene rings is 4. The van der Waals surface area contributed by atoms with E-state index in [2.05, 4.69) is 15.4 Å². The van der Waals surface area contributed by atoms with Gasteiger partial charge in [0.2, 0.25) is 5.97 Å². The average molecular weight is 487 g/mol. The maximum absolute atomic E-state index is 13.1. The molecule has 0 saturated carbocycles. The number of urea groups is 1. The molecule has 4 rings (SSSR count). The number of carbonyl (C=O) groups is 1. The highest BCUT2D eigenvalue weighted by molar-refractivity contribution is 7.83. The number of rotatable bonds is 8. The molecule has 1 atom stereocenters. The lowest BCUT2D eigenvalue weighted by Gasteiger charge is -2.19. The Bertz CT molecular complexity index is 1290. The van der Waals surface area contributed by atoms with Crippen molar-refractivity contribution in [1.29, 1.82) is 5.41 Å². The van der Waals surface area contributed by atoms with Gasteiger partial charge in [-0.3, -0.25) is 5.41 Å². The van der Waals surface area contributed by atoms with Crippen molar-refractivity contribution in [3.8, 4) is 0 Å². The molecule has 176 valence electrons. The number of nitrogens with one attached hydrogen (secondary N) is 4. The van der Waals surface area contributed by atoms with E-state index in [4.69, 9.17) is 5.41 Å². The third-order valence-corrected chi connectivity index (χ3v) is 6.34. The zero-order valence-corrected chi connectivity index (χ0v) is 19.4. The number of hydrogen-bond donors (Lipinski definition) is 4. The molecular weight excluding hydrogens is 463 g/mol. The van der Waals surface area contributed by atoms with E-state index in [9.17, 15) is 13.4 Å². The second-order valence-corrected chi connectivity index (χ2v) is 8.88. The Balaban J connectivity index is 1.42. The number of carbonyl (C=O) groups excluding carboxylic acids is 1. The molecule has 0 aliphatic heterocycles. The normalized spacial score (nSPS) is 11.6.